The zero-order valence-electron chi connectivity index (χ0n) is 13.8. The van der Waals surface area contributed by atoms with Crippen LogP contribution >= 0.6 is 23.1 Å². The molecule has 1 amide bonds. The molecule has 0 aliphatic carbocycles. The van der Waals surface area contributed by atoms with Gasteiger partial charge < -0.3 is 5.32 Å². The minimum Gasteiger partial charge on any atom is -0.325 e. The van der Waals surface area contributed by atoms with Crippen molar-refractivity contribution in [2.45, 2.75) is 23.6 Å². The van der Waals surface area contributed by atoms with Crippen molar-refractivity contribution in [2.75, 3.05) is 5.32 Å². The number of carbonyl (C=O) groups is 1. The molecule has 5 nitrogen and oxygen atoms in total. The van der Waals surface area contributed by atoms with Gasteiger partial charge >= 0.3 is 0 Å². The van der Waals surface area contributed by atoms with Gasteiger partial charge in [0.1, 0.15) is 17.2 Å². The standard InChI is InChI=1S/C18H15FN4OS2/c1-2-15(17(24)21-12-5-3-11(19)4-6-12)26-18-14-9-16-13(7-8-25-16)23(14)10-20-22-18/h3-10,15H,2H2,1H3,(H,21,24)/t15-/m1/s1. The van der Waals surface area contributed by atoms with Gasteiger partial charge in [-0.05, 0) is 48.2 Å². The molecule has 0 fully saturated rings. The molecule has 0 saturated carbocycles. The number of amides is 1. The fourth-order valence-electron chi connectivity index (χ4n) is 2.71. The number of thioether (sulfide) groups is 1. The fraction of sp³-hybridized carbons (Fsp3) is 0.167. The number of fused-ring (bicyclic) bond motifs is 3. The molecule has 4 rings (SSSR count). The number of aromatic nitrogens is 3. The number of thiophene rings is 1. The molecule has 3 aromatic heterocycles. The van der Waals surface area contributed by atoms with Crippen LogP contribution in [0.25, 0.3) is 15.7 Å². The second kappa shape index (κ2) is 7.05. The third-order valence-corrected chi connectivity index (χ3v) is 6.22. The number of nitrogens with zero attached hydrogens (tertiary/aromatic N) is 3. The highest BCUT2D eigenvalue weighted by Gasteiger charge is 2.21. The molecule has 1 N–H and O–H groups in total. The highest BCUT2D eigenvalue weighted by atomic mass is 32.2. The van der Waals surface area contributed by atoms with Crippen LogP contribution in [0.5, 0.6) is 0 Å². The van der Waals surface area contributed by atoms with E-state index < -0.39 is 0 Å². The van der Waals surface area contributed by atoms with Gasteiger partial charge in [-0.25, -0.2) is 4.39 Å². The van der Waals surface area contributed by atoms with Crippen LogP contribution in [-0.4, -0.2) is 25.8 Å². The Morgan fingerprint density at radius 2 is 2.12 bits per heavy atom. The largest absolute Gasteiger partial charge is 0.325 e. The summed E-state index contributed by atoms with van der Waals surface area (Å²) in [4.78, 5) is 12.6. The molecule has 1 atom stereocenters. The summed E-state index contributed by atoms with van der Waals surface area (Å²) in [6.07, 6.45) is 2.32. The Bertz CT molecular complexity index is 1070. The molecule has 26 heavy (non-hydrogen) atoms. The number of halogens is 1. The minimum absolute atomic E-state index is 0.138. The van der Waals surface area contributed by atoms with Gasteiger partial charge in [0.25, 0.3) is 0 Å². The molecule has 0 aliphatic heterocycles. The first-order valence-electron chi connectivity index (χ1n) is 8.08. The monoisotopic (exact) mass is 386 g/mol. The van der Waals surface area contributed by atoms with Crippen molar-refractivity contribution < 1.29 is 9.18 Å². The predicted molar refractivity (Wildman–Crippen MR) is 103 cm³/mol. The molecular formula is C18H15FN4OS2. The summed E-state index contributed by atoms with van der Waals surface area (Å²) in [5.41, 5.74) is 2.60. The number of anilines is 1. The third kappa shape index (κ3) is 3.17. The van der Waals surface area contributed by atoms with Crippen LogP contribution in [0, 0.1) is 5.82 Å². The Morgan fingerprint density at radius 1 is 1.31 bits per heavy atom. The lowest BCUT2D eigenvalue weighted by Gasteiger charge is -2.14. The van der Waals surface area contributed by atoms with Gasteiger partial charge in [0.15, 0.2) is 0 Å². The van der Waals surface area contributed by atoms with Crippen LogP contribution in [0.3, 0.4) is 0 Å². The molecule has 0 saturated heterocycles. The van der Waals surface area contributed by atoms with Gasteiger partial charge in [0.2, 0.25) is 5.91 Å². The highest BCUT2D eigenvalue weighted by molar-refractivity contribution is 8.00. The van der Waals surface area contributed by atoms with E-state index in [1.54, 1.807) is 29.8 Å². The van der Waals surface area contributed by atoms with Gasteiger partial charge in [0, 0.05) is 5.69 Å². The molecular weight excluding hydrogens is 371 g/mol. The molecule has 8 heteroatoms. The number of nitrogens with one attached hydrogen (secondary N) is 1. The first-order valence-corrected chi connectivity index (χ1v) is 9.84. The van der Waals surface area contributed by atoms with E-state index in [4.69, 9.17) is 0 Å². The molecule has 0 spiro atoms. The van der Waals surface area contributed by atoms with Crippen molar-refractivity contribution in [1.82, 2.24) is 14.6 Å². The van der Waals surface area contributed by atoms with Crippen molar-refractivity contribution in [1.29, 1.82) is 0 Å². The van der Waals surface area contributed by atoms with E-state index in [2.05, 4.69) is 21.6 Å². The summed E-state index contributed by atoms with van der Waals surface area (Å²) in [6, 6.07) is 9.86. The van der Waals surface area contributed by atoms with Crippen LogP contribution < -0.4 is 5.32 Å². The maximum atomic E-state index is 13.0. The van der Waals surface area contributed by atoms with Crippen molar-refractivity contribution in [3.05, 3.63) is 53.9 Å². The van der Waals surface area contributed by atoms with Crippen molar-refractivity contribution in [2.24, 2.45) is 0 Å². The van der Waals surface area contributed by atoms with Crippen LogP contribution in [0.1, 0.15) is 13.3 Å². The van der Waals surface area contributed by atoms with Crippen LogP contribution in [0.2, 0.25) is 0 Å². The smallest absolute Gasteiger partial charge is 0.237 e. The van der Waals surface area contributed by atoms with Crippen LogP contribution in [0.15, 0.2) is 53.1 Å². The zero-order chi connectivity index (χ0) is 18.1. The fourth-order valence-corrected chi connectivity index (χ4v) is 4.50. The third-order valence-electron chi connectivity index (χ3n) is 4.02. The molecule has 1 aromatic carbocycles. The van der Waals surface area contributed by atoms with E-state index in [-0.39, 0.29) is 17.0 Å². The van der Waals surface area contributed by atoms with Gasteiger partial charge in [0.05, 0.1) is 21.0 Å². The average molecular weight is 386 g/mol. The lowest BCUT2D eigenvalue weighted by molar-refractivity contribution is -0.115. The maximum Gasteiger partial charge on any atom is 0.237 e. The molecule has 0 bridgehead atoms. The summed E-state index contributed by atoms with van der Waals surface area (Å²) >= 11 is 3.05. The second-order valence-corrected chi connectivity index (χ2v) is 7.86. The summed E-state index contributed by atoms with van der Waals surface area (Å²) in [6.45, 7) is 1.95. The van der Waals surface area contributed by atoms with Gasteiger partial charge in [-0.1, -0.05) is 18.7 Å². The normalized spacial score (nSPS) is 12.5. The molecule has 3 heterocycles. The molecule has 0 radical (unpaired) electrons. The Balaban J connectivity index is 1.58. The van der Waals surface area contributed by atoms with Gasteiger partial charge in [-0.15, -0.1) is 21.5 Å². The SMILES string of the molecule is CC[C@@H](Sc1nncn2c1cc1sccc12)C(=O)Nc1ccc(F)cc1. The lowest BCUT2D eigenvalue weighted by Crippen LogP contribution is -2.24. The van der Waals surface area contributed by atoms with E-state index in [0.717, 1.165) is 20.8 Å². The molecule has 0 unspecified atom stereocenters. The van der Waals surface area contributed by atoms with E-state index in [9.17, 15) is 9.18 Å². The quantitative estimate of drug-likeness (QED) is 0.510. The number of hydrogen-bond donors (Lipinski definition) is 1. The average Bonchev–Trinajstić information content (AvgIpc) is 3.23. The van der Waals surface area contributed by atoms with Gasteiger partial charge in [-0.3, -0.25) is 9.20 Å². The number of carbonyl (C=O) groups excluding carboxylic acids is 1. The lowest BCUT2D eigenvalue weighted by atomic mass is 10.2. The number of rotatable bonds is 5. The Kier molecular flexibility index (Phi) is 4.60. The number of benzene rings is 1. The summed E-state index contributed by atoms with van der Waals surface area (Å²) in [5.74, 6) is -0.471. The van der Waals surface area contributed by atoms with Gasteiger partial charge in [-0.2, -0.15) is 0 Å². The van der Waals surface area contributed by atoms with E-state index in [1.165, 1.54) is 23.9 Å². The van der Waals surface area contributed by atoms with Crippen LogP contribution in [0.4, 0.5) is 10.1 Å². The van der Waals surface area contributed by atoms with Crippen molar-refractivity contribution >= 4 is 50.4 Å². The first-order chi connectivity index (χ1) is 12.7. The Labute approximate surface area is 157 Å². The molecule has 4 aromatic rings. The highest BCUT2D eigenvalue weighted by Crippen LogP contribution is 2.32. The molecule has 0 aliphatic rings. The van der Waals surface area contributed by atoms with E-state index in [1.807, 2.05) is 22.8 Å². The van der Waals surface area contributed by atoms with E-state index in [0.29, 0.717) is 12.1 Å². The first kappa shape index (κ1) is 17.0. The topological polar surface area (TPSA) is 59.3 Å². The Hall–Kier alpha value is -2.45. The second-order valence-electron chi connectivity index (χ2n) is 5.72. The summed E-state index contributed by atoms with van der Waals surface area (Å²) in [5, 5.41) is 13.6. The van der Waals surface area contributed by atoms with Crippen LogP contribution in [-0.2, 0) is 4.79 Å². The van der Waals surface area contributed by atoms with Crippen molar-refractivity contribution in [3.8, 4) is 0 Å². The summed E-state index contributed by atoms with van der Waals surface area (Å²) < 4.78 is 16.2. The van der Waals surface area contributed by atoms with E-state index >= 15 is 0 Å². The number of hydrogen-bond acceptors (Lipinski definition) is 5. The predicted octanol–water partition coefficient (Wildman–Crippen LogP) is 4.59. The maximum absolute atomic E-state index is 13.0. The van der Waals surface area contributed by atoms with Crippen molar-refractivity contribution in [3.63, 3.8) is 0 Å². The minimum atomic E-state index is -0.334. The zero-order valence-corrected chi connectivity index (χ0v) is 15.5. The summed E-state index contributed by atoms with van der Waals surface area (Å²) in [7, 11) is 0. The molecule has 132 valence electrons. The Morgan fingerprint density at radius 3 is 2.88 bits per heavy atom.